The lowest BCUT2D eigenvalue weighted by atomic mass is 10.0. The minimum absolute atomic E-state index is 0.206. The van der Waals surface area contributed by atoms with Gasteiger partial charge in [-0.3, -0.25) is 4.90 Å². The minimum Gasteiger partial charge on any atom is -0.504 e. The summed E-state index contributed by atoms with van der Waals surface area (Å²) in [6, 6.07) is 6.31. The number of aromatic hydroxyl groups is 1. The quantitative estimate of drug-likeness (QED) is 0.901. The number of nitrogens with zero attached hydrogens (tertiary/aromatic N) is 2. The molecule has 19 heavy (non-hydrogen) atoms. The lowest BCUT2D eigenvalue weighted by Gasteiger charge is -2.35. The van der Waals surface area contributed by atoms with Gasteiger partial charge >= 0.3 is 0 Å². The molecule has 2 rings (SSSR count). The van der Waals surface area contributed by atoms with Gasteiger partial charge in [-0.15, -0.1) is 0 Å². The number of methoxy groups -OCH3 is 1. The molecule has 1 N–H and O–H groups in total. The maximum atomic E-state index is 9.59. The summed E-state index contributed by atoms with van der Waals surface area (Å²) in [5.41, 5.74) is 1.19. The van der Waals surface area contributed by atoms with E-state index in [1.54, 1.807) is 13.2 Å². The van der Waals surface area contributed by atoms with Gasteiger partial charge in [0.2, 0.25) is 0 Å². The van der Waals surface area contributed by atoms with E-state index < -0.39 is 0 Å². The zero-order chi connectivity index (χ0) is 13.8. The molecule has 4 nitrogen and oxygen atoms in total. The first kappa shape index (κ1) is 14.2. The Morgan fingerprint density at radius 3 is 2.58 bits per heavy atom. The van der Waals surface area contributed by atoms with E-state index in [9.17, 15) is 5.11 Å². The third-order valence-corrected chi connectivity index (χ3v) is 3.94. The molecule has 0 atom stereocenters. The van der Waals surface area contributed by atoms with Crippen LogP contribution in [0.4, 0.5) is 0 Å². The van der Waals surface area contributed by atoms with Gasteiger partial charge in [0.25, 0.3) is 0 Å². The Balaban J connectivity index is 1.92. The first-order chi connectivity index (χ1) is 9.10. The Morgan fingerprint density at radius 1 is 1.32 bits per heavy atom. The summed E-state index contributed by atoms with van der Waals surface area (Å²) in [5.74, 6) is 0.762. The van der Waals surface area contributed by atoms with E-state index in [1.807, 2.05) is 12.1 Å². The lowest BCUT2D eigenvalue weighted by molar-refractivity contribution is 0.140. The van der Waals surface area contributed by atoms with Gasteiger partial charge in [-0.25, -0.2) is 0 Å². The van der Waals surface area contributed by atoms with E-state index in [0.717, 1.165) is 19.6 Å². The van der Waals surface area contributed by atoms with Crippen molar-refractivity contribution in [1.29, 1.82) is 0 Å². The molecule has 0 bridgehead atoms. The van der Waals surface area contributed by atoms with Crippen LogP contribution in [0.25, 0.3) is 0 Å². The molecule has 1 heterocycles. The number of rotatable bonds is 4. The van der Waals surface area contributed by atoms with Crippen LogP contribution in [0.1, 0.15) is 18.4 Å². The average Bonchev–Trinajstić information content (AvgIpc) is 2.41. The van der Waals surface area contributed by atoms with Gasteiger partial charge in [-0.1, -0.05) is 6.07 Å². The topological polar surface area (TPSA) is 35.9 Å². The number of phenols is 1. The maximum Gasteiger partial charge on any atom is 0.160 e. The van der Waals surface area contributed by atoms with Crippen LogP contribution in [-0.4, -0.2) is 55.2 Å². The van der Waals surface area contributed by atoms with E-state index in [1.165, 1.54) is 18.4 Å². The number of piperidine rings is 1. The minimum atomic E-state index is 0.206. The summed E-state index contributed by atoms with van der Waals surface area (Å²) < 4.78 is 5.15. The maximum absolute atomic E-state index is 9.59. The molecule has 0 unspecified atom stereocenters. The van der Waals surface area contributed by atoms with Crippen LogP contribution in [0.2, 0.25) is 0 Å². The Morgan fingerprint density at radius 2 is 2.00 bits per heavy atom. The lowest BCUT2D eigenvalue weighted by Crippen LogP contribution is -2.41. The summed E-state index contributed by atoms with van der Waals surface area (Å²) in [4.78, 5) is 4.78. The predicted molar refractivity (Wildman–Crippen MR) is 76.6 cm³/mol. The van der Waals surface area contributed by atoms with Crippen LogP contribution in [0.15, 0.2) is 18.2 Å². The van der Waals surface area contributed by atoms with Crippen molar-refractivity contribution in [3.8, 4) is 11.5 Å². The van der Waals surface area contributed by atoms with E-state index >= 15 is 0 Å². The van der Waals surface area contributed by atoms with Gasteiger partial charge < -0.3 is 14.7 Å². The third-order valence-electron chi connectivity index (χ3n) is 3.94. The zero-order valence-electron chi connectivity index (χ0n) is 12.1. The van der Waals surface area contributed by atoms with Gasteiger partial charge in [0.1, 0.15) is 0 Å². The molecule has 4 heteroatoms. The summed E-state index contributed by atoms with van der Waals surface area (Å²) in [5, 5.41) is 9.59. The first-order valence-electron chi connectivity index (χ1n) is 6.85. The van der Waals surface area contributed by atoms with E-state index in [2.05, 4.69) is 23.9 Å². The number of hydrogen-bond acceptors (Lipinski definition) is 4. The van der Waals surface area contributed by atoms with Crippen molar-refractivity contribution in [2.45, 2.75) is 25.4 Å². The first-order valence-corrected chi connectivity index (χ1v) is 6.85. The highest BCUT2D eigenvalue weighted by Crippen LogP contribution is 2.27. The number of ether oxygens (including phenoxy) is 1. The number of hydrogen-bond donors (Lipinski definition) is 1. The molecule has 1 saturated heterocycles. The predicted octanol–water partition coefficient (Wildman–Crippen LogP) is 1.93. The van der Waals surface area contributed by atoms with E-state index in [0.29, 0.717) is 11.8 Å². The number of benzene rings is 1. The fourth-order valence-electron chi connectivity index (χ4n) is 2.67. The number of likely N-dealkylation sites (tertiary alicyclic amines) is 1. The van der Waals surface area contributed by atoms with E-state index in [4.69, 9.17) is 4.74 Å². The second kappa shape index (κ2) is 6.26. The molecule has 0 aliphatic carbocycles. The molecule has 0 radical (unpaired) electrons. The van der Waals surface area contributed by atoms with Crippen molar-refractivity contribution in [3.05, 3.63) is 23.8 Å². The van der Waals surface area contributed by atoms with Crippen molar-refractivity contribution >= 4 is 0 Å². The SMILES string of the molecule is COc1cc(CN2CCC(N(C)C)CC2)ccc1O. The molecule has 0 saturated carbocycles. The summed E-state index contributed by atoms with van der Waals surface area (Å²) in [7, 11) is 5.90. The van der Waals surface area contributed by atoms with Crippen LogP contribution in [0.3, 0.4) is 0 Å². The molecule has 0 amide bonds. The molecule has 1 aliphatic rings. The van der Waals surface area contributed by atoms with Gasteiger partial charge in [-0.2, -0.15) is 0 Å². The van der Waals surface area contributed by atoms with Crippen LogP contribution in [0, 0.1) is 0 Å². The molecular weight excluding hydrogens is 240 g/mol. The molecule has 1 aliphatic heterocycles. The average molecular weight is 264 g/mol. The molecule has 1 aromatic carbocycles. The highest BCUT2D eigenvalue weighted by atomic mass is 16.5. The smallest absolute Gasteiger partial charge is 0.160 e. The monoisotopic (exact) mass is 264 g/mol. The molecule has 106 valence electrons. The zero-order valence-corrected chi connectivity index (χ0v) is 12.1. The highest BCUT2D eigenvalue weighted by Gasteiger charge is 2.20. The molecule has 1 fully saturated rings. The number of phenolic OH excluding ortho intramolecular Hbond substituents is 1. The van der Waals surface area contributed by atoms with Gasteiger partial charge in [0, 0.05) is 12.6 Å². The summed E-state index contributed by atoms with van der Waals surface area (Å²) in [6.07, 6.45) is 2.45. The second-order valence-electron chi connectivity index (χ2n) is 5.48. The Kier molecular flexibility index (Phi) is 4.66. The van der Waals surface area contributed by atoms with Crippen molar-refractivity contribution in [1.82, 2.24) is 9.80 Å². The van der Waals surface area contributed by atoms with Crippen molar-refractivity contribution in [3.63, 3.8) is 0 Å². The Labute approximate surface area is 115 Å². The molecule has 1 aromatic rings. The second-order valence-corrected chi connectivity index (χ2v) is 5.48. The van der Waals surface area contributed by atoms with Crippen LogP contribution in [0.5, 0.6) is 11.5 Å². The largest absolute Gasteiger partial charge is 0.504 e. The van der Waals surface area contributed by atoms with Crippen molar-refractivity contribution in [2.75, 3.05) is 34.3 Å². The normalized spacial score (nSPS) is 17.9. The Hall–Kier alpha value is -1.26. The fourth-order valence-corrected chi connectivity index (χ4v) is 2.67. The highest BCUT2D eigenvalue weighted by molar-refractivity contribution is 5.41. The third kappa shape index (κ3) is 3.61. The fraction of sp³-hybridized carbons (Fsp3) is 0.600. The summed E-state index contributed by atoms with van der Waals surface area (Å²) >= 11 is 0. The van der Waals surface area contributed by atoms with Crippen LogP contribution < -0.4 is 4.74 Å². The molecular formula is C15H24N2O2. The van der Waals surface area contributed by atoms with Crippen molar-refractivity contribution < 1.29 is 9.84 Å². The standard InChI is InChI=1S/C15H24N2O2/c1-16(2)13-6-8-17(9-7-13)11-12-4-5-14(18)15(10-12)19-3/h4-5,10,13,18H,6-9,11H2,1-3H3. The molecule has 0 spiro atoms. The summed E-state index contributed by atoms with van der Waals surface area (Å²) in [6.45, 7) is 3.19. The molecule has 0 aromatic heterocycles. The van der Waals surface area contributed by atoms with Crippen molar-refractivity contribution in [2.24, 2.45) is 0 Å². The van der Waals surface area contributed by atoms with Gasteiger partial charge in [-0.05, 0) is 57.7 Å². The van der Waals surface area contributed by atoms with E-state index in [-0.39, 0.29) is 5.75 Å². The van der Waals surface area contributed by atoms with Crippen LogP contribution in [-0.2, 0) is 6.54 Å². The van der Waals surface area contributed by atoms with Gasteiger partial charge in [0.05, 0.1) is 7.11 Å². The van der Waals surface area contributed by atoms with Gasteiger partial charge in [0.15, 0.2) is 11.5 Å². The van der Waals surface area contributed by atoms with Crippen LogP contribution >= 0.6 is 0 Å². The Bertz CT molecular complexity index is 413.